The molecule has 4 aromatic rings. The van der Waals surface area contributed by atoms with E-state index in [1.165, 1.54) is 39.6 Å². The molecule has 3 aromatic carbocycles. The summed E-state index contributed by atoms with van der Waals surface area (Å²) in [6, 6.07) is 27.9. The van der Waals surface area contributed by atoms with E-state index in [2.05, 4.69) is 101 Å². The maximum absolute atomic E-state index is 13.4. The van der Waals surface area contributed by atoms with E-state index < -0.39 is 0 Å². The number of aromatic nitrogens is 1. The predicted octanol–water partition coefficient (Wildman–Crippen LogP) is 6.53. The Morgan fingerprint density at radius 1 is 0.879 bits per heavy atom. The number of hydrogen-bond acceptors (Lipinski definition) is 1. The minimum atomic E-state index is 0.0428. The van der Waals surface area contributed by atoms with E-state index in [1.807, 2.05) is 0 Å². The number of aryl methyl sites for hydroxylation is 1. The number of para-hydroxylation sites is 1. The highest BCUT2D eigenvalue weighted by molar-refractivity contribution is 5.87. The van der Waals surface area contributed by atoms with Crippen molar-refractivity contribution >= 4 is 16.8 Å². The van der Waals surface area contributed by atoms with Crippen LogP contribution in [-0.4, -0.2) is 28.5 Å². The molecular weight excluding hydrogens is 404 g/mol. The number of nitrogens with zero attached hydrogens (tertiary/aromatic N) is 2. The minimum Gasteiger partial charge on any atom is -0.343 e. The van der Waals surface area contributed by atoms with Gasteiger partial charge in [-0.15, -0.1) is 0 Å². The third-order valence-corrected chi connectivity index (χ3v) is 6.92. The molecule has 1 aliphatic rings. The van der Waals surface area contributed by atoms with Gasteiger partial charge >= 0.3 is 0 Å². The van der Waals surface area contributed by atoms with Gasteiger partial charge in [0.1, 0.15) is 0 Å². The molecule has 3 nitrogen and oxygen atoms in total. The summed E-state index contributed by atoms with van der Waals surface area (Å²) < 4.78 is 2.34. The van der Waals surface area contributed by atoms with Crippen molar-refractivity contribution in [2.24, 2.45) is 0 Å². The maximum atomic E-state index is 13.4. The highest BCUT2D eigenvalue weighted by Crippen LogP contribution is 2.36. The Morgan fingerprint density at radius 2 is 1.64 bits per heavy atom. The Bertz CT molecular complexity index is 1230. The summed E-state index contributed by atoms with van der Waals surface area (Å²) >= 11 is 0. The Hall–Kier alpha value is -3.33. The second-order valence-corrected chi connectivity index (χ2v) is 9.33. The molecule has 5 rings (SSSR count). The van der Waals surface area contributed by atoms with Gasteiger partial charge in [-0.1, -0.05) is 78.4 Å². The number of carbonyl (C=O) groups is 1. The van der Waals surface area contributed by atoms with E-state index in [4.69, 9.17) is 0 Å². The number of fused-ring (bicyclic) bond motifs is 1. The zero-order valence-electron chi connectivity index (χ0n) is 19.4. The van der Waals surface area contributed by atoms with Gasteiger partial charge in [-0.2, -0.15) is 0 Å². The zero-order chi connectivity index (χ0) is 22.6. The fraction of sp³-hybridized carbons (Fsp3) is 0.300. The van der Waals surface area contributed by atoms with Crippen LogP contribution >= 0.6 is 0 Å². The number of carbonyl (C=O) groups excluding carboxylic acids is 1. The Kier molecular flexibility index (Phi) is 6.30. The molecule has 1 atom stereocenters. The Labute approximate surface area is 196 Å². The van der Waals surface area contributed by atoms with Crippen LogP contribution in [0.4, 0.5) is 0 Å². The van der Waals surface area contributed by atoms with Crippen molar-refractivity contribution < 1.29 is 4.79 Å². The van der Waals surface area contributed by atoms with Crippen LogP contribution in [0.25, 0.3) is 10.9 Å². The molecule has 0 bridgehead atoms. The summed E-state index contributed by atoms with van der Waals surface area (Å²) in [6.07, 6.45) is 6.28. The molecule has 2 heterocycles. The van der Waals surface area contributed by atoms with Gasteiger partial charge in [0.2, 0.25) is 5.91 Å². The first-order valence-electron chi connectivity index (χ1n) is 12.1. The molecule has 0 N–H and O–H groups in total. The average Bonchev–Trinajstić information content (AvgIpc) is 3.21. The van der Waals surface area contributed by atoms with Crippen LogP contribution in [0.1, 0.15) is 53.9 Å². The second-order valence-electron chi connectivity index (χ2n) is 9.33. The number of piperidine rings is 1. The van der Waals surface area contributed by atoms with E-state index in [9.17, 15) is 4.79 Å². The number of likely N-dealkylation sites (tertiary alicyclic amines) is 1. The third kappa shape index (κ3) is 4.73. The molecular formula is C30H32N2O. The monoisotopic (exact) mass is 436 g/mol. The van der Waals surface area contributed by atoms with Crippen molar-refractivity contribution in [3.05, 3.63) is 107 Å². The van der Waals surface area contributed by atoms with Gasteiger partial charge in [-0.3, -0.25) is 4.79 Å². The van der Waals surface area contributed by atoms with Gasteiger partial charge in [0, 0.05) is 49.1 Å². The predicted molar refractivity (Wildman–Crippen MR) is 136 cm³/mol. The van der Waals surface area contributed by atoms with Crippen molar-refractivity contribution in [2.45, 2.75) is 45.1 Å². The lowest BCUT2D eigenvalue weighted by atomic mass is 9.87. The molecule has 1 aromatic heterocycles. The first kappa shape index (κ1) is 21.5. The largest absolute Gasteiger partial charge is 0.343 e. The van der Waals surface area contributed by atoms with E-state index in [0.29, 0.717) is 6.42 Å². The molecule has 0 radical (unpaired) electrons. The molecule has 0 saturated carbocycles. The summed E-state index contributed by atoms with van der Waals surface area (Å²) in [5.74, 6) is 0.322. The molecule has 1 saturated heterocycles. The number of amides is 1. The summed E-state index contributed by atoms with van der Waals surface area (Å²) in [5, 5.41) is 1.24. The van der Waals surface area contributed by atoms with Crippen molar-refractivity contribution in [1.82, 2.24) is 9.47 Å². The molecule has 1 unspecified atom stereocenters. The fourth-order valence-corrected chi connectivity index (χ4v) is 5.21. The van der Waals surface area contributed by atoms with E-state index in [-0.39, 0.29) is 11.8 Å². The lowest BCUT2D eigenvalue weighted by Gasteiger charge is -2.28. The van der Waals surface area contributed by atoms with E-state index in [0.717, 1.165) is 32.5 Å². The molecule has 33 heavy (non-hydrogen) atoms. The highest BCUT2D eigenvalue weighted by atomic mass is 16.2. The molecule has 1 aliphatic heterocycles. The van der Waals surface area contributed by atoms with Gasteiger partial charge in [-0.25, -0.2) is 0 Å². The van der Waals surface area contributed by atoms with Crippen LogP contribution < -0.4 is 0 Å². The first-order chi connectivity index (χ1) is 16.2. The highest BCUT2D eigenvalue weighted by Gasteiger charge is 2.26. The van der Waals surface area contributed by atoms with E-state index >= 15 is 0 Å². The number of benzene rings is 3. The van der Waals surface area contributed by atoms with Gasteiger partial charge in [0.25, 0.3) is 0 Å². The zero-order valence-corrected chi connectivity index (χ0v) is 19.4. The number of rotatable bonds is 6. The van der Waals surface area contributed by atoms with Crippen LogP contribution in [0.5, 0.6) is 0 Å². The van der Waals surface area contributed by atoms with Gasteiger partial charge in [0.05, 0.1) is 0 Å². The molecule has 1 amide bonds. The van der Waals surface area contributed by atoms with Crippen LogP contribution in [0, 0.1) is 6.92 Å². The summed E-state index contributed by atoms with van der Waals surface area (Å²) in [6.45, 7) is 4.75. The summed E-state index contributed by atoms with van der Waals surface area (Å²) in [7, 11) is 0. The molecule has 168 valence electrons. The van der Waals surface area contributed by atoms with Gasteiger partial charge < -0.3 is 9.47 Å². The van der Waals surface area contributed by atoms with Gasteiger partial charge in [-0.05, 0) is 48.9 Å². The Balaban J connectivity index is 1.56. The SMILES string of the molecule is Cc1cccc(C(CC(=O)N2CCCCC2)c2cn(Cc3ccccc3)c3ccccc23)c1. The molecule has 3 heteroatoms. The normalized spacial score (nSPS) is 15.0. The summed E-state index contributed by atoms with van der Waals surface area (Å²) in [5.41, 5.74) is 6.21. The average molecular weight is 437 g/mol. The lowest BCUT2D eigenvalue weighted by molar-refractivity contribution is -0.132. The van der Waals surface area contributed by atoms with Crippen molar-refractivity contribution in [1.29, 1.82) is 0 Å². The van der Waals surface area contributed by atoms with Crippen molar-refractivity contribution in [3.63, 3.8) is 0 Å². The standard InChI is InChI=1S/C30H32N2O/c1-23-11-10-14-25(19-23)27(20-30(33)31-17-8-3-9-18-31)28-22-32(21-24-12-4-2-5-13-24)29-16-7-6-15-26(28)29/h2,4-7,10-16,19,22,27H,3,8-9,17-18,20-21H2,1H3. The fourth-order valence-electron chi connectivity index (χ4n) is 5.21. The van der Waals surface area contributed by atoms with Crippen molar-refractivity contribution in [3.8, 4) is 0 Å². The van der Waals surface area contributed by atoms with E-state index in [1.54, 1.807) is 0 Å². The van der Waals surface area contributed by atoms with Crippen LogP contribution in [0.2, 0.25) is 0 Å². The van der Waals surface area contributed by atoms with Gasteiger partial charge in [0.15, 0.2) is 0 Å². The van der Waals surface area contributed by atoms with Crippen molar-refractivity contribution in [2.75, 3.05) is 13.1 Å². The van der Waals surface area contributed by atoms with Crippen LogP contribution in [-0.2, 0) is 11.3 Å². The maximum Gasteiger partial charge on any atom is 0.223 e. The number of hydrogen-bond donors (Lipinski definition) is 0. The minimum absolute atomic E-state index is 0.0428. The smallest absolute Gasteiger partial charge is 0.223 e. The first-order valence-corrected chi connectivity index (χ1v) is 12.1. The lowest BCUT2D eigenvalue weighted by Crippen LogP contribution is -2.36. The second kappa shape index (κ2) is 9.66. The molecule has 1 fully saturated rings. The van der Waals surface area contributed by atoms with Crippen LogP contribution in [0.3, 0.4) is 0 Å². The quantitative estimate of drug-likeness (QED) is 0.337. The third-order valence-electron chi connectivity index (χ3n) is 6.92. The molecule has 0 spiro atoms. The topological polar surface area (TPSA) is 25.2 Å². The molecule has 0 aliphatic carbocycles. The Morgan fingerprint density at radius 3 is 2.42 bits per heavy atom. The van der Waals surface area contributed by atoms with Crippen LogP contribution in [0.15, 0.2) is 85.1 Å². The summed E-state index contributed by atoms with van der Waals surface area (Å²) in [4.78, 5) is 15.5.